The highest BCUT2D eigenvalue weighted by atomic mass is 35.5. The predicted molar refractivity (Wildman–Crippen MR) is 83.4 cm³/mol. The lowest BCUT2D eigenvalue weighted by Gasteiger charge is -2.38. The summed E-state index contributed by atoms with van der Waals surface area (Å²) in [4.78, 5) is 9.27. The fraction of sp³-hybridized carbons (Fsp3) is 0.667. The quantitative estimate of drug-likeness (QED) is 0.922. The Kier molecular flexibility index (Phi) is 4.15. The standard InChI is InChI=1S/C15H23ClN4/c1-11-10-20(6-5-19(11)2)15-14(16)7-12(9-18-15)8-17-13-3-4-13/h7,9,11,13,17H,3-6,8,10H2,1-2H3. The second kappa shape index (κ2) is 5.88. The first-order valence-corrected chi connectivity index (χ1v) is 7.84. The molecule has 0 spiro atoms. The lowest BCUT2D eigenvalue weighted by atomic mass is 10.2. The van der Waals surface area contributed by atoms with E-state index in [1.54, 1.807) is 0 Å². The van der Waals surface area contributed by atoms with Gasteiger partial charge >= 0.3 is 0 Å². The Hall–Kier alpha value is -0.840. The molecule has 1 aliphatic carbocycles. The Morgan fingerprint density at radius 3 is 2.85 bits per heavy atom. The molecule has 1 aliphatic heterocycles. The molecule has 1 aromatic rings. The summed E-state index contributed by atoms with van der Waals surface area (Å²) in [6, 6.07) is 3.31. The number of anilines is 1. The van der Waals surface area contributed by atoms with Crippen LogP contribution in [0.15, 0.2) is 12.3 Å². The highest BCUT2D eigenvalue weighted by molar-refractivity contribution is 6.33. The van der Waals surface area contributed by atoms with Crippen molar-refractivity contribution >= 4 is 17.4 Å². The van der Waals surface area contributed by atoms with Crippen molar-refractivity contribution in [3.63, 3.8) is 0 Å². The van der Waals surface area contributed by atoms with E-state index in [-0.39, 0.29) is 0 Å². The normalized spacial score (nSPS) is 24.1. The minimum absolute atomic E-state index is 0.540. The number of pyridine rings is 1. The number of likely N-dealkylation sites (N-methyl/N-ethyl adjacent to an activating group) is 1. The molecule has 0 aromatic carbocycles. The fourth-order valence-corrected chi connectivity index (χ4v) is 2.90. The van der Waals surface area contributed by atoms with E-state index in [0.29, 0.717) is 12.1 Å². The number of piperazine rings is 1. The van der Waals surface area contributed by atoms with Crippen LogP contribution in [-0.4, -0.2) is 48.6 Å². The first-order chi connectivity index (χ1) is 9.63. The molecule has 1 N–H and O–H groups in total. The largest absolute Gasteiger partial charge is 0.353 e. The zero-order chi connectivity index (χ0) is 14.1. The van der Waals surface area contributed by atoms with Gasteiger partial charge in [-0.3, -0.25) is 0 Å². The third-order valence-electron chi connectivity index (χ3n) is 4.31. The summed E-state index contributed by atoms with van der Waals surface area (Å²) < 4.78 is 0. The van der Waals surface area contributed by atoms with Crippen molar-refractivity contribution < 1.29 is 0 Å². The van der Waals surface area contributed by atoms with E-state index in [1.165, 1.54) is 18.4 Å². The van der Waals surface area contributed by atoms with E-state index in [2.05, 4.69) is 40.1 Å². The lowest BCUT2D eigenvalue weighted by Crippen LogP contribution is -2.50. The van der Waals surface area contributed by atoms with Gasteiger partial charge in [0.05, 0.1) is 5.02 Å². The van der Waals surface area contributed by atoms with Crippen LogP contribution in [0, 0.1) is 0 Å². The van der Waals surface area contributed by atoms with Gasteiger partial charge in [-0.1, -0.05) is 11.6 Å². The summed E-state index contributed by atoms with van der Waals surface area (Å²) in [5, 5.41) is 4.27. The maximum atomic E-state index is 6.43. The average Bonchev–Trinajstić information content (AvgIpc) is 3.24. The number of nitrogens with zero attached hydrogens (tertiary/aromatic N) is 3. The van der Waals surface area contributed by atoms with Gasteiger partial charge in [0, 0.05) is 44.5 Å². The van der Waals surface area contributed by atoms with Gasteiger partial charge in [-0.25, -0.2) is 4.98 Å². The van der Waals surface area contributed by atoms with Gasteiger partial charge in [0.25, 0.3) is 0 Å². The fourth-order valence-electron chi connectivity index (χ4n) is 2.59. The molecule has 1 saturated heterocycles. The molecule has 0 amide bonds. The van der Waals surface area contributed by atoms with Crippen molar-refractivity contribution in [2.45, 2.75) is 38.4 Å². The molecule has 1 atom stereocenters. The van der Waals surface area contributed by atoms with Crippen LogP contribution >= 0.6 is 11.6 Å². The topological polar surface area (TPSA) is 31.4 Å². The number of hydrogen-bond acceptors (Lipinski definition) is 4. The summed E-state index contributed by atoms with van der Waals surface area (Å²) in [5.74, 6) is 0.932. The van der Waals surface area contributed by atoms with Crippen LogP contribution in [-0.2, 0) is 6.54 Å². The SMILES string of the molecule is CC1CN(c2ncc(CNC3CC3)cc2Cl)CCN1C. The zero-order valence-electron chi connectivity index (χ0n) is 12.3. The van der Waals surface area contributed by atoms with Crippen LogP contribution < -0.4 is 10.2 Å². The molecule has 1 saturated carbocycles. The Morgan fingerprint density at radius 2 is 2.20 bits per heavy atom. The molecule has 2 heterocycles. The van der Waals surface area contributed by atoms with Crippen LogP contribution in [0.5, 0.6) is 0 Å². The summed E-state index contributed by atoms with van der Waals surface area (Å²) in [5.41, 5.74) is 1.17. The average molecular weight is 295 g/mol. The van der Waals surface area contributed by atoms with Crippen molar-refractivity contribution in [2.24, 2.45) is 0 Å². The van der Waals surface area contributed by atoms with Gasteiger partial charge in [-0.15, -0.1) is 0 Å². The van der Waals surface area contributed by atoms with Crippen molar-refractivity contribution in [1.82, 2.24) is 15.2 Å². The second-order valence-corrected chi connectivity index (χ2v) is 6.49. The van der Waals surface area contributed by atoms with E-state index >= 15 is 0 Å². The molecule has 4 nitrogen and oxygen atoms in total. The maximum Gasteiger partial charge on any atom is 0.147 e. The lowest BCUT2D eigenvalue weighted by molar-refractivity contribution is 0.233. The van der Waals surface area contributed by atoms with Gasteiger partial charge in [0.2, 0.25) is 0 Å². The van der Waals surface area contributed by atoms with E-state index in [9.17, 15) is 0 Å². The van der Waals surface area contributed by atoms with Crippen LogP contribution in [0.3, 0.4) is 0 Å². The van der Waals surface area contributed by atoms with Crippen molar-refractivity contribution in [1.29, 1.82) is 0 Å². The zero-order valence-corrected chi connectivity index (χ0v) is 13.0. The smallest absolute Gasteiger partial charge is 0.147 e. The Morgan fingerprint density at radius 1 is 1.40 bits per heavy atom. The number of nitrogens with one attached hydrogen (secondary N) is 1. The minimum Gasteiger partial charge on any atom is -0.353 e. The molecule has 1 unspecified atom stereocenters. The monoisotopic (exact) mass is 294 g/mol. The molecular formula is C15H23ClN4. The molecule has 1 aromatic heterocycles. The van der Waals surface area contributed by atoms with Gasteiger partial charge in [0.1, 0.15) is 5.82 Å². The molecule has 0 radical (unpaired) electrons. The highest BCUT2D eigenvalue weighted by Crippen LogP contribution is 2.26. The number of aromatic nitrogens is 1. The molecule has 5 heteroatoms. The molecule has 2 fully saturated rings. The molecule has 2 aliphatic rings. The third kappa shape index (κ3) is 3.25. The van der Waals surface area contributed by atoms with Gasteiger partial charge in [0.15, 0.2) is 0 Å². The molecule has 3 rings (SSSR count). The summed E-state index contributed by atoms with van der Waals surface area (Å²) in [7, 11) is 2.17. The molecule has 20 heavy (non-hydrogen) atoms. The van der Waals surface area contributed by atoms with E-state index in [1.807, 2.05) is 6.20 Å². The summed E-state index contributed by atoms with van der Waals surface area (Å²) in [6.07, 6.45) is 4.57. The van der Waals surface area contributed by atoms with E-state index in [4.69, 9.17) is 11.6 Å². The van der Waals surface area contributed by atoms with E-state index in [0.717, 1.165) is 37.0 Å². The Labute approximate surface area is 126 Å². The van der Waals surface area contributed by atoms with E-state index < -0.39 is 0 Å². The van der Waals surface area contributed by atoms with Crippen molar-refractivity contribution in [2.75, 3.05) is 31.6 Å². The third-order valence-corrected chi connectivity index (χ3v) is 4.59. The first kappa shape index (κ1) is 14.1. The molecule has 0 bridgehead atoms. The predicted octanol–water partition coefficient (Wildman–Crippen LogP) is 2.13. The van der Waals surface area contributed by atoms with Crippen molar-refractivity contribution in [3.8, 4) is 0 Å². The summed E-state index contributed by atoms with van der Waals surface area (Å²) in [6.45, 7) is 6.16. The highest BCUT2D eigenvalue weighted by Gasteiger charge is 2.23. The maximum absolute atomic E-state index is 6.43. The van der Waals surface area contributed by atoms with Gasteiger partial charge < -0.3 is 15.1 Å². The van der Waals surface area contributed by atoms with Crippen LogP contribution in [0.1, 0.15) is 25.3 Å². The number of hydrogen-bond donors (Lipinski definition) is 1. The van der Waals surface area contributed by atoms with Crippen LogP contribution in [0.25, 0.3) is 0 Å². The van der Waals surface area contributed by atoms with Gasteiger partial charge in [-0.05, 0) is 38.4 Å². The number of halogens is 1. The number of rotatable bonds is 4. The first-order valence-electron chi connectivity index (χ1n) is 7.46. The summed E-state index contributed by atoms with van der Waals surface area (Å²) >= 11 is 6.43. The Bertz CT molecular complexity index is 475. The van der Waals surface area contributed by atoms with Crippen LogP contribution in [0.4, 0.5) is 5.82 Å². The molecular weight excluding hydrogens is 272 g/mol. The minimum atomic E-state index is 0.540. The second-order valence-electron chi connectivity index (χ2n) is 6.08. The Balaban J connectivity index is 1.66. The van der Waals surface area contributed by atoms with Crippen LogP contribution in [0.2, 0.25) is 5.02 Å². The van der Waals surface area contributed by atoms with Crippen molar-refractivity contribution in [3.05, 3.63) is 22.8 Å². The van der Waals surface area contributed by atoms with Gasteiger partial charge in [-0.2, -0.15) is 0 Å². The molecule has 110 valence electrons.